The summed E-state index contributed by atoms with van der Waals surface area (Å²) in [5.41, 5.74) is 4.01. The quantitative estimate of drug-likeness (QED) is 0.512. The zero-order valence-electron chi connectivity index (χ0n) is 19.0. The Balaban J connectivity index is 1.11. The van der Waals surface area contributed by atoms with E-state index >= 15 is 0 Å². The predicted molar refractivity (Wildman–Crippen MR) is 136 cm³/mol. The van der Waals surface area contributed by atoms with Gasteiger partial charge in [-0.05, 0) is 48.8 Å². The van der Waals surface area contributed by atoms with Gasteiger partial charge >= 0.3 is 0 Å². The van der Waals surface area contributed by atoms with Crippen molar-refractivity contribution in [3.8, 4) is 0 Å². The van der Waals surface area contributed by atoms with E-state index < -0.39 is 0 Å². The Bertz CT molecular complexity index is 1220. The summed E-state index contributed by atoms with van der Waals surface area (Å²) in [6.45, 7) is 4.84. The summed E-state index contributed by atoms with van der Waals surface area (Å²) < 4.78 is 0. The highest BCUT2D eigenvalue weighted by Gasteiger charge is 2.23. The number of rotatable bonds is 8. The van der Waals surface area contributed by atoms with Crippen LogP contribution in [-0.2, 0) is 36.4 Å². The van der Waals surface area contributed by atoms with Gasteiger partial charge in [0.1, 0.15) is 10.7 Å². The highest BCUT2D eigenvalue weighted by molar-refractivity contribution is 7.99. The molecule has 1 unspecified atom stereocenters. The smallest absolute Gasteiger partial charge is 0.259 e. The van der Waals surface area contributed by atoms with Crippen LogP contribution in [0.4, 0.5) is 0 Å². The zero-order valence-corrected chi connectivity index (χ0v) is 20.6. The van der Waals surface area contributed by atoms with E-state index in [1.807, 2.05) is 0 Å². The van der Waals surface area contributed by atoms with E-state index in [2.05, 4.69) is 51.4 Å². The number of fused-ring (bicyclic) bond motifs is 4. The first-order chi connectivity index (χ1) is 16.1. The molecule has 1 aliphatic carbocycles. The first-order valence-electron chi connectivity index (χ1n) is 11.8. The lowest BCUT2D eigenvalue weighted by atomic mass is 9.98. The number of nitrogens with one attached hydrogen (secondary N) is 2. The van der Waals surface area contributed by atoms with Crippen molar-refractivity contribution in [1.29, 1.82) is 0 Å². The molecule has 174 valence electrons. The number of benzene rings is 1. The molecule has 3 aromatic rings. The normalized spacial score (nSPS) is 16.5. The maximum absolute atomic E-state index is 12.6. The molecule has 1 aliphatic heterocycles. The molecule has 5 rings (SSSR count). The lowest BCUT2D eigenvalue weighted by molar-refractivity contribution is -0.118. The van der Waals surface area contributed by atoms with Crippen LogP contribution < -0.4 is 10.9 Å². The third kappa shape index (κ3) is 4.88. The molecule has 1 atom stereocenters. The number of thiophene rings is 1. The molecule has 6 nitrogen and oxygen atoms in total. The van der Waals surface area contributed by atoms with Crippen LogP contribution in [0.5, 0.6) is 0 Å². The van der Waals surface area contributed by atoms with Crippen molar-refractivity contribution in [2.45, 2.75) is 57.4 Å². The number of carbonyl (C=O) groups excluding carboxylic acids is 1. The summed E-state index contributed by atoms with van der Waals surface area (Å²) in [6.07, 6.45) is 5.25. The highest BCUT2D eigenvalue weighted by atomic mass is 32.2. The van der Waals surface area contributed by atoms with Crippen LogP contribution in [0.15, 0.2) is 29.1 Å². The second-order valence-corrected chi connectivity index (χ2v) is 11.0. The Morgan fingerprint density at radius 1 is 1.27 bits per heavy atom. The third-order valence-corrected chi connectivity index (χ3v) is 8.91. The number of aromatic nitrogens is 2. The summed E-state index contributed by atoms with van der Waals surface area (Å²) in [5, 5.41) is 3.90. The molecule has 33 heavy (non-hydrogen) atoms. The van der Waals surface area contributed by atoms with Crippen molar-refractivity contribution in [3.63, 3.8) is 0 Å². The molecule has 3 heterocycles. The Morgan fingerprint density at radius 2 is 2.12 bits per heavy atom. The van der Waals surface area contributed by atoms with E-state index in [0.29, 0.717) is 29.9 Å². The molecule has 1 aromatic carbocycles. The Hall–Kier alpha value is -2.16. The first-order valence-corrected chi connectivity index (χ1v) is 13.8. The summed E-state index contributed by atoms with van der Waals surface area (Å²) >= 11 is 3.15. The molecule has 1 amide bonds. The molecule has 0 saturated heterocycles. The Labute approximate surface area is 202 Å². The van der Waals surface area contributed by atoms with Gasteiger partial charge in [0.25, 0.3) is 5.56 Å². The number of amides is 1. The fraction of sp³-hybridized carbons (Fsp3) is 0.480. The standard InChI is InChI=1S/C25H30N4O2S2/c1-2-18(29-11-10-16-6-3-4-7-17(16)13-29)12-26-22(30)15-32-14-21-27-24(31)23-19-8-5-9-20(19)33-25(23)28-21/h3-4,6-7,18H,2,5,8-15H2,1H3,(H,26,30)(H,27,28,31). The number of aryl methyl sites for hydroxylation is 2. The van der Waals surface area contributed by atoms with Gasteiger partial charge < -0.3 is 10.3 Å². The third-order valence-electron chi connectivity index (χ3n) is 6.78. The second kappa shape index (κ2) is 9.99. The number of carbonyl (C=O) groups is 1. The van der Waals surface area contributed by atoms with Crippen LogP contribution >= 0.6 is 23.1 Å². The SMILES string of the molecule is CCC(CNC(=O)CSCc1nc2sc3c(c2c(=O)[nH]1)CCC3)N1CCc2ccccc2C1. The number of nitrogens with zero attached hydrogens (tertiary/aromatic N) is 2. The number of thioether (sulfide) groups is 1. The van der Waals surface area contributed by atoms with E-state index in [4.69, 9.17) is 0 Å². The average molecular weight is 483 g/mol. The number of H-pyrrole nitrogens is 1. The fourth-order valence-corrected chi connectivity index (χ4v) is 7.00. The molecular weight excluding hydrogens is 452 g/mol. The number of aromatic amines is 1. The minimum absolute atomic E-state index is 0.0339. The van der Waals surface area contributed by atoms with Crippen molar-refractivity contribution in [1.82, 2.24) is 20.2 Å². The van der Waals surface area contributed by atoms with Crippen LogP contribution in [0, 0.1) is 0 Å². The predicted octanol–water partition coefficient (Wildman–Crippen LogP) is 3.66. The molecule has 0 bridgehead atoms. The van der Waals surface area contributed by atoms with Crippen molar-refractivity contribution in [3.05, 3.63) is 62.0 Å². The molecule has 0 spiro atoms. The molecule has 0 fully saturated rings. The van der Waals surface area contributed by atoms with E-state index in [1.165, 1.54) is 33.3 Å². The number of hydrogen-bond acceptors (Lipinski definition) is 6. The fourth-order valence-electron chi connectivity index (χ4n) is 5.00. The summed E-state index contributed by atoms with van der Waals surface area (Å²) in [5.74, 6) is 1.58. The average Bonchev–Trinajstić information content (AvgIpc) is 3.40. The van der Waals surface area contributed by atoms with Crippen LogP contribution in [0.1, 0.15) is 47.2 Å². The molecule has 2 N–H and O–H groups in total. The van der Waals surface area contributed by atoms with Crippen molar-refractivity contribution in [2.75, 3.05) is 18.8 Å². The molecule has 2 aliphatic rings. The molecular formula is C25H30N4O2S2. The first kappa shape index (κ1) is 22.6. The van der Waals surface area contributed by atoms with Gasteiger partial charge in [0.05, 0.1) is 16.9 Å². The minimum Gasteiger partial charge on any atom is -0.354 e. The lowest BCUT2D eigenvalue weighted by Crippen LogP contribution is -2.46. The van der Waals surface area contributed by atoms with Crippen molar-refractivity contribution in [2.24, 2.45) is 0 Å². The molecule has 0 saturated carbocycles. The van der Waals surface area contributed by atoms with Gasteiger partial charge in [-0.3, -0.25) is 14.5 Å². The molecule has 0 radical (unpaired) electrons. The number of hydrogen-bond donors (Lipinski definition) is 2. The summed E-state index contributed by atoms with van der Waals surface area (Å²) in [7, 11) is 0. The minimum atomic E-state index is -0.0339. The summed E-state index contributed by atoms with van der Waals surface area (Å²) in [4.78, 5) is 37.3. The second-order valence-electron chi connectivity index (χ2n) is 8.90. The zero-order chi connectivity index (χ0) is 22.8. The van der Waals surface area contributed by atoms with Gasteiger partial charge in [-0.1, -0.05) is 31.2 Å². The van der Waals surface area contributed by atoms with Crippen molar-refractivity contribution < 1.29 is 4.79 Å². The van der Waals surface area contributed by atoms with Gasteiger partial charge in [-0.15, -0.1) is 23.1 Å². The summed E-state index contributed by atoms with van der Waals surface area (Å²) in [6, 6.07) is 8.99. The van der Waals surface area contributed by atoms with E-state index in [0.717, 1.165) is 55.4 Å². The monoisotopic (exact) mass is 482 g/mol. The van der Waals surface area contributed by atoms with Gasteiger partial charge in [0.2, 0.25) is 5.91 Å². The Kier molecular flexibility index (Phi) is 6.85. The van der Waals surface area contributed by atoms with Gasteiger partial charge in [-0.25, -0.2) is 4.98 Å². The van der Waals surface area contributed by atoms with E-state index in [9.17, 15) is 9.59 Å². The van der Waals surface area contributed by atoms with E-state index in [-0.39, 0.29) is 11.5 Å². The van der Waals surface area contributed by atoms with Gasteiger partial charge in [-0.2, -0.15) is 0 Å². The highest BCUT2D eigenvalue weighted by Crippen LogP contribution is 2.34. The van der Waals surface area contributed by atoms with Gasteiger partial charge in [0, 0.05) is 30.6 Å². The van der Waals surface area contributed by atoms with Crippen molar-refractivity contribution >= 4 is 39.2 Å². The maximum atomic E-state index is 12.6. The van der Waals surface area contributed by atoms with Crippen LogP contribution in [0.3, 0.4) is 0 Å². The topological polar surface area (TPSA) is 78.1 Å². The van der Waals surface area contributed by atoms with E-state index in [1.54, 1.807) is 11.3 Å². The van der Waals surface area contributed by atoms with Crippen LogP contribution in [-0.4, -0.2) is 45.7 Å². The molecule has 2 aromatic heterocycles. The Morgan fingerprint density at radius 3 is 2.97 bits per heavy atom. The molecule has 8 heteroatoms. The van der Waals surface area contributed by atoms with Crippen LogP contribution in [0.2, 0.25) is 0 Å². The lowest BCUT2D eigenvalue weighted by Gasteiger charge is -2.35. The maximum Gasteiger partial charge on any atom is 0.259 e. The van der Waals surface area contributed by atoms with Gasteiger partial charge in [0.15, 0.2) is 0 Å². The van der Waals surface area contributed by atoms with Crippen LogP contribution in [0.25, 0.3) is 10.2 Å². The largest absolute Gasteiger partial charge is 0.354 e.